The number of benzene rings is 1. The molecule has 1 aromatic rings. The predicted molar refractivity (Wildman–Crippen MR) is 83.7 cm³/mol. The van der Waals surface area contributed by atoms with Crippen LogP contribution < -0.4 is 0 Å². The third-order valence-electron chi connectivity index (χ3n) is 3.62. The number of phenolic OH excluding ortho intramolecular Hbond substituents is 1. The highest BCUT2D eigenvalue weighted by Crippen LogP contribution is 2.22. The van der Waals surface area contributed by atoms with Gasteiger partial charge in [-0.15, -0.1) is 0 Å². The van der Waals surface area contributed by atoms with E-state index in [1.54, 1.807) is 0 Å². The molecule has 0 heterocycles. The zero-order valence-electron chi connectivity index (χ0n) is 13.1. The van der Waals surface area contributed by atoms with Crippen LogP contribution in [0.1, 0.15) is 64.5 Å². The summed E-state index contributed by atoms with van der Waals surface area (Å²) in [4.78, 5) is 0. The highest BCUT2D eigenvalue weighted by molar-refractivity contribution is 5.36. The van der Waals surface area contributed by atoms with Crippen molar-refractivity contribution in [2.24, 2.45) is 11.8 Å². The fourth-order valence-electron chi connectivity index (χ4n) is 2.41. The van der Waals surface area contributed by atoms with E-state index in [0.717, 1.165) is 30.2 Å². The molecule has 1 rings (SSSR count). The van der Waals surface area contributed by atoms with Gasteiger partial charge in [0.15, 0.2) is 0 Å². The maximum absolute atomic E-state index is 9.91. The van der Waals surface area contributed by atoms with Gasteiger partial charge in [0.2, 0.25) is 0 Å². The van der Waals surface area contributed by atoms with E-state index < -0.39 is 0 Å². The molecule has 0 atom stereocenters. The second kappa shape index (κ2) is 8.24. The van der Waals surface area contributed by atoms with E-state index in [1.807, 2.05) is 6.07 Å². The fourth-order valence-corrected chi connectivity index (χ4v) is 2.41. The first-order valence-corrected chi connectivity index (χ1v) is 7.79. The molecule has 0 unspecified atom stereocenters. The molecule has 0 amide bonds. The largest absolute Gasteiger partial charge is 0.508 e. The van der Waals surface area contributed by atoms with Gasteiger partial charge in [-0.1, -0.05) is 52.7 Å². The molecule has 1 heteroatoms. The Morgan fingerprint density at radius 3 is 2.05 bits per heavy atom. The van der Waals surface area contributed by atoms with Gasteiger partial charge in [-0.3, -0.25) is 0 Å². The van der Waals surface area contributed by atoms with Crippen molar-refractivity contribution < 1.29 is 5.11 Å². The summed E-state index contributed by atoms with van der Waals surface area (Å²) in [6.07, 6.45) is 7.06. The van der Waals surface area contributed by atoms with Gasteiger partial charge in [-0.05, 0) is 54.7 Å². The van der Waals surface area contributed by atoms with Crippen LogP contribution in [0.2, 0.25) is 0 Å². The molecule has 0 aliphatic heterocycles. The second-order valence-electron chi connectivity index (χ2n) is 6.54. The minimum Gasteiger partial charge on any atom is -0.508 e. The van der Waals surface area contributed by atoms with Crippen molar-refractivity contribution in [3.63, 3.8) is 0 Å². The first-order chi connectivity index (χ1) is 8.99. The first-order valence-electron chi connectivity index (χ1n) is 7.79. The predicted octanol–water partition coefficient (Wildman–Crippen LogP) is 5.35. The van der Waals surface area contributed by atoms with Crippen molar-refractivity contribution in [2.75, 3.05) is 0 Å². The SMILES string of the molecule is CC(C)CCCc1ccc(O)c(CCCC(C)C)c1. The summed E-state index contributed by atoms with van der Waals surface area (Å²) in [6, 6.07) is 6.15. The normalized spacial score (nSPS) is 11.5. The lowest BCUT2D eigenvalue weighted by atomic mass is 9.97. The molecular weight excluding hydrogens is 232 g/mol. The van der Waals surface area contributed by atoms with Gasteiger partial charge in [0.05, 0.1) is 0 Å². The average Bonchev–Trinajstić information content (AvgIpc) is 2.32. The molecule has 0 aliphatic rings. The van der Waals surface area contributed by atoms with Crippen molar-refractivity contribution >= 4 is 0 Å². The maximum atomic E-state index is 9.91. The molecule has 1 N–H and O–H groups in total. The molecule has 0 saturated heterocycles. The molecule has 108 valence electrons. The van der Waals surface area contributed by atoms with Crippen molar-refractivity contribution in [1.82, 2.24) is 0 Å². The van der Waals surface area contributed by atoms with Gasteiger partial charge in [-0.2, -0.15) is 0 Å². The van der Waals surface area contributed by atoms with E-state index in [9.17, 15) is 5.11 Å². The Morgan fingerprint density at radius 1 is 0.895 bits per heavy atom. The van der Waals surface area contributed by atoms with E-state index in [0.29, 0.717) is 5.75 Å². The summed E-state index contributed by atoms with van der Waals surface area (Å²) in [5.41, 5.74) is 2.50. The van der Waals surface area contributed by atoms with Crippen molar-refractivity contribution in [3.8, 4) is 5.75 Å². The van der Waals surface area contributed by atoms with Crippen LogP contribution in [-0.2, 0) is 12.8 Å². The van der Waals surface area contributed by atoms with Gasteiger partial charge < -0.3 is 5.11 Å². The van der Waals surface area contributed by atoms with Crippen molar-refractivity contribution in [3.05, 3.63) is 29.3 Å². The third-order valence-corrected chi connectivity index (χ3v) is 3.62. The number of aryl methyl sites for hydroxylation is 2. The molecule has 19 heavy (non-hydrogen) atoms. The second-order valence-corrected chi connectivity index (χ2v) is 6.54. The number of hydrogen-bond donors (Lipinski definition) is 1. The molecule has 0 aliphatic carbocycles. The van der Waals surface area contributed by atoms with Gasteiger partial charge in [0.1, 0.15) is 5.75 Å². The highest BCUT2D eigenvalue weighted by Gasteiger charge is 2.04. The monoisotopic (exact) mass is 262 g/mol. The molecule has 0 aromatic heterocycles. The lowest BCUT2D eigenvalue weighted by Crippen LogP contribution is -1.95. The van der Waals surface area contributed by atoms with E-state index in [4.69, 9.17) is 0 Å². The fraction of sp³-hybridized carbons (Fsp3) is 0.667. The van der Waals surface area contributed by atoms with Crippen LogP contribution >= 0.6 is 0 Å². The van der Waals surface area contributed by atoms with Crippen LogP contribution in [0.5, 0.6) is 5.75 Å². The smallest absolute Gasteiger partial charge is 0.118 e. The Morgan fingerprint density at radius 2 is 1.47 bits per heavy atom. The van der Waals surface area contributed by atoms with Crippen LogP contribution in [-0.4, -0.2) is 5.11 Å². The van der Waals surface area contributed by atoms with Gasteiger partial charge in [0, 0.05) is 0 Å². The molecule has 0 spiro atoms. The summed E-state index contributed by atoms with van der Waals surface area (Å²) in [5.74, 6) is 2.00. The lowest BCUT2D eigenvalue weighted by molar-refractivity contribution is 0.463. The molecular formula is C18H30O. The van der Waals surface area contributed by atoms with Crippen LogP contribution in [0.4, 0.5) is 0 Å². The summed E-state index contributed by atoms with van der Waals surface area (Å²) < 4.78 is 0. The minimum atomic E-state index is 0.469. The van der Waals surface area contributed by atoms with Crippen LogP contribution in [0, 0.1) is 11.8 Å². The maximum Gasteiger partial charge on any atom is 0.118 e. The quantitative estimate of drug-likeness (QED) is 0.669. The van der Waals surface area contributed by atoms with Crippen molar-refractivity contribution in [2.45, 2.75) is 66.2 Å². The molecule has 1 nitrogen and oxygen atoms in total. The van der Waals surface area contributed by atoms with Gasteiger partial charge in [-0.25, -0.2) is 0 Å². The number of aromatic hydroxyl groups is 1. The summed E-state index contributed by atoms with van der Waals surface area (Å²) >= 11 is 0. The summed E-state index contributed by atoms with van der Waals surface area (Å²) in [6.45, 7) is 9.05. The van der Waals surface area contributed by atoms with Crippen LogP contribution in [0.15, 0.2) is 18.2 Å². The zero-order valence-corrected chi connectivity index (χ0v) is 13.1. The molecule has 0 fully saturated rings. The summed E-state index contributed by atoms with van der Waals surface area (Å²) in [5, 5.41) is 9.91. The Labute approximate surface area is 119 Å². The molecule has 1 aromatic carbocycles. The molecule has 0 radical (unpaired) electrons. The minimum absolute atomic E-state index is 0.469. The standard InChI is InChI=1S/C18H30O/c1-14(2)7-5-9-16-11-12-18(19)17(13-16)10-6-8-15(3)4/h11-15,19H,5-10H2,1-4H3. The third kappa shape index (κ3) is 6.66. The van der Waals surface area contributed by atoms with E-state index in [1.165, 1.54) is 31.2 Å². The lowest BCUT2D eigenvalue weighted by Gasteiger charge is -2.10. The Hall–Kier alpha value is -0.980. The van der Waals surface area contributed by atoms with Crippen LogP contribution in [0.3, 0.4) is 0 Å². The van der Waals surface area contributed by atoms with Gasteiger partial charge in [0.25, 0.3) is 0 Å². The van der Waals surface area contributed by atoms with E-state index >= 15 is 0 Å². The first kappa shape index (κ1) is 16.1. The Balaban J connectivity index is 2.51. The summed E-state index contributed by atoms with van der Waals surface area (Å²) in [7, 11) is 0. The highest BCUT2D eigenvalue weighted by atomic mass is 16.3. The Kier molecular flexibility index (Phi) is 6.97. The average molecular weight is 262 g/mol. The molecule has 0 bridgehead atoms. The van der Waals surface area contributed by atoms with E-state index in [-0.39, 0.29) is 0 Å². The number of rotatable bonds is 8. The Bertz CT molecular complexity index is 366. The topological polar surface area (TPSA) is 20.2 Å². The van der Waals surface area contributed by atoms with Crippen molar-refractivity contribution in [1.29, 1.82) is 0 Å². The zero-order chi connectivity index (χ0) is 14.3. The van der Waals surface area contributed by atoms with Gasteiger partial charge >= 0.3 is 0 Å². The molecule has 0 saturated carbocycles. The van der Waals surface area contributed by atoms with E-state index in [2.05, 4.69) is 39.8 Å². The number of phenols is 1. The number of hydrogen-bond acceptors (Lipinski definition) is 1. The van der Waals surface area contributed by atoms with Crippen LogP contribution in [0.25, 0.3) is 0 Å².